The fourth-order valence-electron chi connectivity index (χ4n) is 2.65. The summed E-state index contributed by atoms with van der Waals surface area (Å²) in [7, 11) is 5.65. The molecule has 6 heteroatoms. The monoisotopic (exact) mass is 378 g/mol. The van der Waals surface area contributed by atoms with Crippen LogP contribution in [-0.4, -0.2) is 41.0 Å². The average molecular weight is 378 g/mol. The molecule has 2 aromatic carbocycles. The molecule has 6 nitrogen and oxygen atoms in total. The van der Waals surface area contributed by atoms with E-state index in [0.29, 0.717) is 11.3 Å². The molecule has 0 amide bonds. The van der Waals surface area contributed by atoms with E-state index in [2.05, 4.69) is 5.32 Å². The summed E-state index contributed by atoms with van der Waals surface area (Å²) in [6, 6.07) is 11.0. The van der Waals surface area contributed by atoms with E-state index in [4.69, 9.17) is 25.8 Å². The van der Waals surface area contributed by atoms with Gasteiger partial charge in [-0.1, -0.05) is 37.2 Å². The third kappa shape index (κ3) is 4.34. The van der Waals surface area contributed by atoms with Crippen LogP contribution in [0.15, 0.2) is 42.5 Å². The second-order valence-electron chi connectivity index (χ2n) is 5.64. The highest BCUT2D eigenvalue weighted by Crippen LogP contribution is 2.38. The maximum atomic E-state index is 12.9. The zero-order chi connectivity index (χ0) is 24.2. The number of carbonyl (C=O) groups excluding carboxylic acids is 1. The van der Waals surface area contributed by atoms with Crippen molar-refractivity contribution in [3.05, 3.63) is 53.6 Å². The van der Waals surface area contributed by atoms with Crippen LogP contribution in [0.3, 0.4) is 0 Å². The van der Waals surface area contributed by atoms with Gasteiger partial charge in [-0.15, -0.1) is 0 Å². The molecule has 27 heavy (non-hydrogen) atoms. The van der Waals surface area contributed by atoms with Crippen molar-refractivity contribution in [1.82, 2.24) is 5.32 Å². The second kappa shape index (κ2) is 9.28. The van der Waals surface area contributed by atoms with E-state index in [9.17, 15) is 4.79 Å². The van der Waals surface area contributed by atoms with Crippen LogP contribution in [0.2, 0.25) is 0 Å². The topological polar surface area (TPSA) is 66.0 Å². The Hall–Kier alpha value is -2.73. The Kier molecular flexibility index (Phi) is 4.93. The van der Waals surface area contributed by atoms with Gasteiger partial charge in [-0.3, -0.25) is 0 Å². The zero-order valence-corrected chi connectivity index (χ0v) is 15.8. The van der Waals surface area contributed by atoms with Gasteiger partial charge in [0.1, 0.15) is 6.61 Å². The third-order valence-corrected chi connectivity index (χ3v) is 4.23. The molecule has 2 rings (SSSR count). The van der Waals surface area contributed by atoms with Crippen LogP contribution in [-0.2, 0) is 10.3 Å². The number of likely N-dealkylation sites (N-methyl/N-ethyl adjacent to an activating group) is 1. The van der Waals surface area contributed by atoms with Gasteiger partial charge in [0.2, 0.25) is 5.75 Å². The average Bonchev–Trinajstić information content (AvgIpc) is 2.78. The fourth-order valence-corrected chi connectivity index (χ4v) is 2.65. The summed E-state index contributed by atoms with van der Waals surface area (Å²) in [5.41, 5.74) is -1.47. The molecule has 0 aliphatic heterocycles. The number of nitrogens with one attached hydrogen (secondary N) is 1. The summed E-state index contributed by atoms with van der Waals surface area (Å²) in [5.74, 6) is -0.0561. The van der Waals surface area contributed by atoms with Gasteiger partial charge in [-0.2, -0.15) is 0 Å². The molecule has 0 aliphatic rings. The number of esters is 1. The summed E-state index contributed by atoms with van der Waals surface area (Å²) >= 11 is 0. The lowest BCUT2D eigenvalue weighted by atomic mass is 9.88. The molecule has 0 saturated heterocycles. The maximum Gasteiger partial charge on any atom is 0.338 e. The molecule has 2 aromatic rings. The first-order valence-corrected chi connectivity index (χ1v) is 8.20. The number of hydrogen-bond acceptors (Lipinski definition) is 6. The molecule has 0 spiro atoms. The van der Waals surface area contributed by atoms with E-state index < -0.39 is 31.3 Å². The third-order valence-electron chi connectivity index (χ3n) is 4.23. The molecule has 0 fully saturated rings. The zero-order valence-electron chi connectivity index (χ0n) is 20.8. The number of ether oxygens (including phenoxy) is 4. The number of carbonyl (C=O) groups is 1. The Morgan fingerprint density at radius 2 is 1.74 bits per heavy atom. The lowest BCUT2D eigenvalue weighted by Gasteiger charge is -2.32. The molecule has 0 aromatic heterocycles. The van der Waals surface area contributed by atoms with Crippen LogP contribution in [0.25, 0.3) is 0 Å². The molecule has 146 valence electrons. The van der Waals surface area contributed by atoms with Gasteiger partial charge in [-0.05, 0) is 31.1 Å². The molecule has 0 aliphatic carbocycles. The van der Waals surface area contributed by atoms with E-state index in [1.807, 2.05) is 0 Å². The van der Waals surface area contributed by atoms with Gasteiger partial charge in [0.05, 0.1) is 32.4 Å². The first kappa shape index (κ1) is 14.3. The molecular formula is C21H27NO5. The summed E-state index contributed by atoms with van der Waals surface area (Å²) < 4.78 is 61.4. The van der Waals surface area contributed by atoms with E-state index in [1.54, 1.807) is 30.3 Å². The molecule has 1 N–H and O–H groups in total. The van der Waals surface area contributed by atoms with E-state index in [1.165, 1.54) is 40.5 Å². The molecule has 0 heterocycles. The molecule has 0 radical (unpaired) electrons. The Bertz CT molecular complexity index is 911. The molecule has 1 unspecified atom stereocenters. The molecule has 0 saturated carbocycles. The summed E-state index contributed by atoms with van der Waals surface area (Å²) in [5, 5.41) is 2.77. The molecule has 0 bridgehead atoms. The van der Waals surface area contributed by atoms with Crippen molar-refractivity contribution in [2.45, 2.75) is 18.8 Å². The summed E-state index contributed by atoms with van der Waals surface area (Å²) in [4.78, 5) is 12.9. The minimum Gasteiger partial charge on any atom is -0.493 e. The van der Waals surface area contributed by atoms with E-state index >= 15 is 0 Å². The number of hydrogen-bond donors (Lipinski definition) is 1. The predicted octanol–water partition coefficient (Wildman–Crippen LogP) is 3.39. The minimum atomic E-state index is -3.01. The highest BCUT2D eigenvalue weighted by atomic mass is 16.5. The van der Waals surface area contributed by atoms with Gasteiger partial charge < -0.3 is 24.3 Å². The van der Waals surface area contributed by atoms with Gasteiger partial charge in [0.25, 0.3) is 0 Å². The van der Waals surface area contributed by atoms with Crippen molar-refractivity contribution < 1.29 is 30.6 Å². The van der Waals surface area contributed by atoms with Gasteiger partial charge in [0, 0.05) is 6.85 Å². The van der Waals surface area contributed by atoms with Crippen molar-refractivity contribution in [3.63, 3.8) is 0 Å². The van der Waals surface area contributed by atoms with E-state index in [0.717, 1.165) is 0 Å². The van der Waals surface area contributed by atoms with Crippen LogP contribution in [0.1, 0.15) is 36.0 Å². The first-order valence-electron chi connectivity index (χ1n) is 10.7. The number of benzene rings is 2. The Balaban J connectivity index is 2.48. The smallest absolute Gasteiger partial charge is 0.338 e. The number of methoxy groups -OCH3 is 3. The van der Waals surface area contributed by atoms with Crippen molar-refractivity contribution in [3.8, 4) is 17.2 Å². The predicted molar refractivity (Wildman–Crippen MR) is 104 cm³/mol. The van der Waals surface area contributed by atoms with Gasteiger partial charge in [0.15, 0.2) is 11.5 Å². The van der Waals surface area contributed by atoms with Crippen molar-refractivity contribution >= 4 is 5.97 Å². The lowest BCUT2D eigenvalue weighted by molar-refractivity contribution is 0.0360. The van der Waals surface area contributed by atoms with Gasteiger partial charge in [-0.25, -0.2) is 4.79 Å². The lowest BCUT2D eigenvalue weighted by Crippen LogP contribution is -2.44. The van der Waals surface area contributed by atoms with Crippen LogP contribution in [0.4, 0.5) is 0 Å². The summed E-state index contributed by atoms with van der Waals surface area (Å²) in [6.07, 6.45) is -2.79. The summed E-state index contributed by atoms with van der Waals surface area (Å²) in [6.45, 7) is -3.60. The minimum absolute atomic E-state index is 0.0620. The first-order chi connectivity index (χ1) is 15.0. The van der Waals surface area contributed by atoms with Crippen molar-refractivity contribution in [2.75, 3.05) is 35.0 Å². The van der Waals surface area contributed by atoms with Crippen molar-refractivity contribution in [1.29, 1.82) is 0 Å². The number of rotatable bonds is 9. The molecular weight excluding hydrogens is 346 g/mol. The van der Waals surface area contributed by atoms with Crippen LogP contribution >= 0.6 is 0 Å². The van der Waals surface area contributed by atoms with Gasteiger partial charge >= 0.3 is 5.97 Å². The van der Waals surface area contributed by atoms with Crippen LogP contribution in [0.5, 0.6) is 17.2 Å². The molecule has 1 atom stereocenters. The maximum absolute atomic E-state index is 12.9. The Labute approximate surface area is 167 Å². The van der Waals surface area contributed by atoms with Crippen LogP contribution in [0, 0.1) is 0 Å². The van der Waals surface area contributed by atoms with Crippen molar-refractivity contribution in [2.24, 2.45) is 0 Å². The standard InChI is InChI=1S/C21H27NO5/c1-6-21(22-2,16-10-8-7-9-11-16)14-27-20(23)15-12-17(24-3)19(26-5)18(13-15)25-4/h7-13,22H,6,14H2,1-5H3/i1D3,6D2. The SMILES string of the molecule is [2H]C([2H])([2H])C([2H])([2H])C(COC(=O)c1cc(OC)c(OC)c(OC)c1)(NC)c1ccccc1. The van der Waals surface area contributed by atoms with E-state index in [-0.39, 0.29) is 17.1 Å². The highest BCUT2D eigenvalue weighted by molar-refractivity contribution is 5.91. The quantitative estimate of drug-likeness (QED) is 0.675. The Morgan fingerprint density at radius 3 is 2.22 bits per heavy atom. The highest BCUT2D eigenvalue weighted by Gasteiger charge is 2.30. The Morgan fingerprint density at radius 1 is 1.11 bits per heavy atom. The normalized spacial score (nSPS) is 16.5. The fraction of sp³-hybridized carbons (Fsp3) is 0.381. The van der Waals surface area contributed by atoms with Crippen LogP contribution < -0.4 is 19.5 Å². The second-order valence-corrected chi connectivity index (χ2v) is 5.64. The largest absolute Gasteiger partial charge is 0.493 e.